The molecule has 0 saturated carbocycles. The number of hydrogen-bond donors (Lipinski definition) is 1. The normalized spacial score (nSPS) is 17.3. The van der Waals surface area contributed by atoms with E-state index in [9.17, 15) is 8.78 Å². The zero-order valence-corrected chi connectivity index (χ0v) is 15.2. The van der Waals surface area contributed by atoms with Crippen LogP contribution >= 0.6 is 11.6 Å². The van der Waals surface area contributed by atoms with Crippen LogP contribution in [0, 0.1) is 6.92 Å². The van der Waals surface area contributed by atoms with Gasteiger partial charge >= 0.3 is 5.92 Å². The lowest BCUT2D eigenvalue weighted by molar-refractivity contribution is 0.00800. The quantitative estimate of drug-likeness (QED) is 0.744. The second kappa shape index (κ2) is 6.16. The molecule has 5 nitrogen and oxygen atoms in total. The summed E-state index contributed by atoms with van der Waals surface area (Å²) in [6.45, 7) is 2.59. The maximum Gasteiger partial charge on any atom is 0.305 e. The second-order valence-electron chi connectivity index (χ2n) is 6.82. The highest BCUT2D eigenvalue weighted by Gasteiger charge is 2.31. The molecule has 0 spiro atoms. The van der Waals surface area contributed by atoms with Crippen LogP contribution in [0.5, 0.6) is 0 Å². The van der Waals surface area contributed by atoms with Gasteiger partial charge in [0.1, 0.15) is 5.82 Å². The largest absolute Gasteiger partial charge is 0.367 e. The van der Waals surface area contributed by atoms with Crippen molar-refractivity contribution in [2.45, 2.75) is 45.1 Å². The molecule has 0 amide bonds. The number of benzene rings is 1. The lowest BCUT2D eigenvalue weighted by Crippen LogP contribution is -2.28. The van der Waals surface area contributed by atoms with Gasteiger partial charge in [-0.25, -0.2) is 4.98 Å². The lowest BCUT2D eigenvalue weighted by Gasteiger charge is -2.26. The number of nitrogens with zero attached hydrogens (tertiary/aromatic N) is 4. The van der Waals surface area contributed by atoms with Gasteiger partial charge in [0, 0.05) is 29.7 Å². The summed E-state index contributed by atoms with van der Waals surface area (Å²) in [4.78, 5) is 8.09. The summed E-state index contributed by atoms with van der Waals surface area (Å²) in [5.41, 5.74) is 3.21. The van der Waals surface area contributed by atoms with Crippen LogP contribution < -0.4 is 5.32 Å². The zero-order chi connectivity index (χ0) is 18.5. The zero-order valence-electron chi connectivity index (χ0n) is 14.4. The highest BCUT2D eigenvalue weighted by Crippen LogP contribution is 2.28. The van der Waals surface area contributed by atoms with Crippen molar-refractivity contribution in [3.8, 4) is 0 Å². The molecule has 0 saturated heterocycles. The van der Waals surface area contributed by atoms with Crippen LogP contribution in [0.3, 0.4) is 0 Å². The third kappa shape index (κ3) is 3.23. The van der Waals surface area contributed by atoms with Crippen molar-refractivity contribution in [1.82, 2.24) is 19.6 Å². The van der Waals surface area contributed by atoms with Gasteiger partial charge in [0.15, 0.2) is 0 Å². The predicted octanol–water partition coefficient (Wildman–Crippen LogP) is 4.17. The standard InChI is InChI=1S/C18H18ClF2N5/c1-10-7-15(26-17(22-10)24-16(25-26)18(2,20)21)23-14-6-4-11-3-5-13(19)8-12(11)9-14/h3,5,7-8,14,23H,4,6,9H2,1-2H3/t14-/m1/s1. The van der Waals surface area contributed by atoms with E-state index >= 15 is 0 Å². The Bertz CT molecular complexity index is 980. The minimum Gasteiger partial charge on any atom is -0.367 e. The molecule has 1 aliphatic carbocycles. The molecular weight excluding hydrogens is 360 g/mol. The molecule has 1 aliphatic rings. The Balaban J connectivity index is 1.66. The van der Waals surface area contributed by atoms with Crippen LogP contribution in [-0.2, 0) is 18.8 Å². The van der Waals surface area contributed by atoms with Crippen molar-refractivity contribution in [2.24, 2.45) is 0 Å². The highest BCUT2D eigenvalue weighted by atomic mass is 35.5. The van der Waals surface area contributed by atoms with Crippen LogP contribution in [0.2, 0.25) is 5.02 Å². The van der Waals surface area contributed by atoms with Gasteiger partial charge in [-0.3, -0.25) is 0 Å². The summed E-state index contributed by atoms with van der Waals surface area (Å²) in [6.07, 6.45) is 2.68. The molecule has 1 aromatic carbocycles. The topological polar surface area (TPSA) is 55.1 Å². The third-order valence-corrected chi connectivity index (χ3v) is 4.82. The van der Waals surface area contributed by atoms with Crippen molar-refractivity contribution in [2.75, 3.05) is 5.32 Å². The first-order chi connectivity index (χ1) is 12.3. The summed E-state index contributed by atoms with van der Waals surface area (Å²) < 4.78 is 28.5. The van der Waals surface area contributed by atoms with Gasteiger partial charge in [0.05, 0.1) is 0 Å². The second-order valence-corrected chi connectivity index (χ2v) is 7.25. The Morgan fingerprint density at radius 2 is 2.04 bits per heavy atom. The van der Waals surface area contributed by atoms with Crippen molar-refractivity contribution in [3.05, 3.63) is 51.9 Å². The smallest absolute Gasteiger partial charge is 0.305 e. The van der Waals surface area contributed by atoms with Crippen molar-refractivity contribution in [1.29, 1.82) is 0 Å². The summed E-state index contributed by atoms with van der Waals surface area (Å²) in [6, 6.07) is 7.91. The van der Waals surface area contributed by atoms with E-state index in [1.54, 1.807) is 13.0 Å². The van der Waals surface area contributed by atoms with E-state index in [0.29, 0.717) is 11.5 Å². The molecule has 4 rings (SSSR count). The monoisotopic (exact) mass is 377 g/mol. The molecule has 2 aromatic heterocycles. The van der Waals surface area contributed by atoms with Crippen LogP contribution in [-0.4, -0.2) is 25.6 Å². The van der Waals surface area contributed by atoms with Gasteiger partial charge in [0.2, 0.25) is 5.82 Å². The van der Waals surface area contributed by atoms with E-state index in [1.165, 1.54) is 15.6 Å². The average molecular weight is 378 g/mol. The fourth-order valence-electron chi connectivity index (χ4n) is 3.33. The van der Waals surface area contributed by atoms with Crippen molar-refractivity contribution in [3.63, 3.8) is 0 Å². The number of halogens is 3. The number of aryl methyl sites for hydroxylation is 2. The maximum absolute atomic E-state index is 13.6. The van der Waals surface area contributed by atoms with Gasteiger partial charge in [0.25, 0.3) is 5.78 Å². The third-order valence-electron chi connectivity index (χ3n) is 4.58. The molecular formula is C18H18ClF2N5. The Labute approximate surface area is 154 Å². The number of anilines is 1. The first-order valence-electron chi connectivity index (χ1n) is 8.46. The summed E-state index contributed by atoms with van der Waals surface area (Å²) in [5, 5.41) is 8.10. The van der Waals surface area contributed by atoms with Crippen molar-refractivity contribution < 1.29 is 8.78 Å². The molecule has 26 heavy (non-hydrogen) atoms. The summed E-state index contributed by atoms with van der Waals surface area (Å²) >= 11 is 6.11. The van der Waals surface area contributed by atoms with E-state index in [0.717, 1.165) is 31.2 Å². The molecule has 1 N–H and O–H groups in total. The Hall–Kier alpha value is -2.28. The van der Waals surface area contributed by atoms with Crippen LogP contribution in [0.4, 0.5) is 14.6 Å². The molecule has 3 aromatic rings. The van der Waals surface area contributed by atoms with Gasteiger partial charge in [-0.05, 0) is 49.4 Å². The fraction of sp³-hybridized carbons (Fsp3) is 0.389. The highest BCUT2D eigenvalue weighted by molar-refractivity contribution is 6.30. The van der Waals surface area contributed by atoms with Crippen LogP contribution in [0.25, 0.3) is 5.78 Å². The van der Waals surface area contributed by atoms with E-state index in [1.807, 2.05) is 12.1 Å². The number of alkyl halides is 2. The Kier molecular flexibility index (Phi) is 4.06. The van der Waals surface area contributed by atoms with E-state index in [-0.39, 0.29) is 11.8 Å². The van der Waals surface area contributed by atoms with E-state index in [2.05, 4.69) is 26.4 Å². The van der Waals surface area contributed by atoms with Crippen LogP contribution in [0.1, 0.15) is 36.0 Å². The van der Waals surface area contributed by atoms with Gasteiger partial charge in [-0.1, -0.05) is 17.7 Å². The molecule has 1 atom stereocenters. The Morgan fingerprint density at radius 1 is 1.23 bits per heavy atom. The molecule has 0 aliphatic heterocycles. The minimum absolute atomic E-state index is 0.153. The van der Waals surface area contributed by atoms with Crippen LogP contribution in [0.15, 0.2) is 24.3 Å². The molecule has 136 valence electrons. The molecule has 8 heteroatoms. The average Bonchev–Trinajstić information content (AvgIpc) is 2.99. The first kappa shape index (κ1) is 17.1. The molecule has 0 radical (unpaired) electrons. The molecule has 2 heterocycles. The number of hydrogen-bond acceptors (Lipinski definition) is 4. The number of nitrogens with one attached hydrogen (secondary N) is 1. The maximum atomic E-state index is 13.6. The van der Waals surface area contributed by atoms with E-state index < -0.39 is 11.7 Å². The van der Waals surface area contributed by atoms with Crippen molar-refractivity contribution >= 4 is 23.2 Å². The molecule has 0 unspecified atom stereocenters. The number of aromatic nitrogens is 4. The number of fused-ring (bicyclic) bond motifs is 2. The Morgan fingerprint density at radius 3 is 2.81 bits per heavy atom. The van der Waals surface area contributed by atoms with Gasteiger partial charge in [-0.2, -0.15) is 18.3 Å². The fourth-order valence-corrected chi connectivity index (χ4v) is 3.53. The van der Waals surface area contributed by atoms with E-state index in [4.69, 9.17) is 11.6 Å². The summed E-state index contributed by atoms with van der Waals surface area (Å²) in [5.74, 6) is -2.85. The minimum atomic E-state index is -3.11. The molecule has 0 bridgehead atoms. The number of rotatable bonds is 3. The van der Waals surface area contributed by atoms with Gasteiger partial charge in [-0.15, -0.1) is 5.10 Å². The summed E-state index contributed by atoms with van der Waals surface area (Å²) in [7, 11) is 0. The lowest BCUT2D eigenvalue weighted by atomic mass is 9.88. The van der Waals surface area contributed by atoms with Gasteiger partial charge < -0.3 is 5.32 Å². The first-order valence-corrected chi connectivity index (χ1v) is 8.84. The predicted molar refractivity (Wildman–Crippen MR) is 96.0 cm³/mol. The SMILES string of the molecule is Cc1cc(N[C@@H]2CCc3ccc(Cl)cc3C2)n2nc(C(C)(F)F)nc2n1. The molecule has 0 fully saturated rings.